The van der Waals surface area contributed by atoms with Crippen molar-refractivity contribution in [2.75, 3.05) is 0 Å². The van der Waals surface area contributed by atoms with Crippen molar-refractivity contribution in [3.05, 3.63) is 41.4 Å². The number of alkyl halides is 3. The second-order valence-electron chi connectivity index (χ2n) is 7.09. The predicted molar refractivity (Wildman–Crippen MR) is 81.0 cm³/mol. The van der Waals surface area contributed by atoms with Crippen LogP contribution < -0.4 is 5.32 Å². The Morgan fingerprint density at radius 1 is 1.28 bits per heavy atom. The van der Waals surface area contributed by atoms with Crippen LogP contribution in [0.15, 0.2) is 35.9 Å². The fourth-order valence-corrected chi connectivity index (χ4v) is 3.32. The van der Waals surface area contributed by atoms with E-state index in [0.717, 1.165) is 0 Å². The van der Waals surface area contributed by atoms with Gasteiger partial charge >= 0.3 is 12.1 Å². The molecule has 0 spiro atoms. The number of carbonyl (C=O) groups is 2. The summed E-state index contributed by atoms with van der Waals surface area (Å²) in [5.41, 5.74) is -3.84. The number of hydrogen-bond acceptors (Lipinski definition) is 5. The third kappa shape index (κ3) is 2.84. The largest absolute Gasteiger partial charge is 0.429 e. The lowest BCUT2D eigenvalue weighted by Gasteiger charge is -2.34. The number of ketones is 1. The molecule has 0 bridgehead atoms. The zero-order valence-electron chi connectivity index (χ0n) is 13.7. The van der Waals surface area contributed by atoms with Gasteiger partial charge in [0, 0.05) is 31.8 Å². The van der Waals surface area contributed by atoms with Crippen molar-refractivity contribution >= 4 is 11.8 Å². The number of aromatic nitrogens is 1. The fraction of sp³-hybridized carbons (Fsp3) is 0.471. The van der Waals surface area contributed by atoms with Gasteiger partial charge in [0.25, 0.3) is 0 Å². The number of esters is 1. The Kier molecular flexibility index (Phi) is 3.98. The number of carbonyl (C=O) groups excluding carboxylic acids is 2. The van der Waals surface area contributed by atoms with Crippen LogP contribution in [0.5, 0.6) is 0 Å². The van der Waals surface area contributed by atoms with Gasteiger partial charge < -0.3 is 4.74 Å². The lowest BCUT2D eigenvalue weighted by atomic mass is 9.72. The van der Waals surface area contributed by atoms with Crippen LogP contribution in [-0.4, -0.2) is 28.5 Å². The van der Waals surface area contributed by atoms with E-state index in [-0.39, 0.29) is 25.1 Å². The van der Waals surface area contributed by atoms with Crippen LogP contribution >= 0.6 is 0 Å². The van der Waals surface area contributed by atoms with E-state index in [2.05, 4.69) is 10.3 Å². The minimum Gasteiger partial charge on any atom is -0.429 e. The Bertz CT molecular complexity index is 756. The molecule has 0 saturated carbocycles. The Morgan fingerprint density at radius 2 is 2.00 bits per heavy atom. The topological polar surface area (TPSA) is 68.3 Å². The maximum atomic E-state index is 13.9. The highest BCUT2D eigenvalue weighted by Gasteiger charge is 2.70. The molecule has 0 aromatic carbocycles. The highest BCUT2D eigenvalue weighted by atomic mass is 19.4. The highest BCUT2D eigenvalue weighted by molar-refractivity contribution is 6.09. The summed E-state index contributed by atoms with van der Waals surface area (Å²) in [5, 5.41) is 2.24. The molecule has 1 aliphatic carbocycles. The summed E-state index contributed by atoms with van der Waals surface area (Å²) in [5.74, 6) is -2.39. The van der Waals surface area contributed by atoms with Gasteiger partial charge in [-0.2, -0.15) is 13.2 Å². The average Bonchev–Trinajstić information content (AvgIpc) is 2.77. The molecule has 5 nitrogen and oxygen atoms in total. The van der Waals surface area contributed by atoms with Crippen LogP contribution in [0.2, 0.25) is 0 Å². The van der Waals surface area contributed by atoms with E-state index in [4.69, 9.17) is 4.74 Å². The Balaban J connectivity index is 2.04. The van der Waals surface area contributed by atoms with Gasteiger partial charge in [-0.15, -0.1) is 0 Å². The molecule has 8 heteroatoms. The van der Waals surface area contributed by atoms with Gasteiger partial charge in [0.05, 0.1) is 5.57 Å². The highest BCUT2D eigenvalue weighted by Crippen LogP contribution is 2.50. The third-order valence-corrected chi connectivity index (χ3v) is 4.44. The van der Waals surface area contributed by atoms with Crippen LogP contribution in [0.4, 0.5) is 13.2 Å². The van der Waals surface area contributed by atoms with E-state index in [1.165, 1.54) is 12.4 Å². The molecular weight excluding hydrogens is 337 g/mol. The smallest absolute Gasteiger partial charge is 0.422 e. The third-order valence-electron chi connectivity index (χ3n) is 4.44. The van der Waals surface area contributed by atoms with E-state index in [9.17, 15) is 22.8 Å². The van der Waals surface area contributed by atoms with E-state index in [0.29, 0.717) is 5.56 Å². The number of nitrogens with one attached hydrogen (secondary N) is 1. The summed E-state index contributed by atoms with van der Waals surface area (Å²) in [6.45, 7) is 3.22. The monoisotopic (exact) mass is 354 g/mol. The minimum atomic E-state index is -5.01. The number of hydrogen-bond donors (Lipinski definition) is 1. The molecule has 0 radical (unpaired) electrons. The molecule has 0 unspecified atom stereocenters. The average molecular weight is 354 g/mol. The minimum absolute atomic E-state index is 0.0745. The molecule has 1 atom stereocenters. The molecule has 2 heterocycles. The summed E-state index contributed by atoms with van der Waals surface area (Å²) in [6, 6.07) is 3.15. The number of Topliss-reactive ketones (excluding diaryl/α,β-unsaturated/α-hetero) is 1. The molecule has 0 saturated heterocycles. The molecule has 134 valence electrons. The first kappa shape index (κ1) is 17.6. The predicted octanol–water partition coefficient (Wildman–Crippen LogP) is 2.67. The number of halogens is 3. The zero-order chi connectivity index (χ0) is 18.5. The molecule has 3 rings (SSSR count). The first-order valence-electron chi connectivity index (χ1n) is 7.77. The molecule has 1 aliphatic heterocycles. The lowest BCUT2D eigenvalue weighted by molar-refractivity contribution is -0.197. The van der Waals surface area contributed by atoms with Crippen LogP contribution in [0.3, 0.4) is 0 Å². The van der Waals surface area contributed by atoms with E-state index < -0.39 is 34.5 Å². The second kappa shape index (κ2) is 5.66. The van der Waals surface area contributed by atoms with Crippen molar-refractivity contribution in [2.24, 2.45) is 5.41 Å². The van der Waals surface area contributed by atoms with E-state index in [1.54, 1.807) is 26.0 Å². The van der Waals surface area contributed by atoms with Crippen LogP contribution in [-0.2, 0) is 20.9 Å². The lowest BCUT2D eigenvalue weighted by Crippen LogP contribution is -2.63. The molecule has 1 aromatic rings. The SMILES string of the molecule is CC1(C)CC(=O)C2=C(C1)OC(=O)[C@]2(NCc1cccnc1)C(F)(F)F. The van der Waals surface area contributed by atoms with Crippen LogP contribution in [0.1, 0.15) is 32.3 Å². The summed E-state index contributed by atoms with van der Waals surface area (Å²) in [7, 11) is 0. The first-order valence-corrected chi connectivity index (χ1v) is 7.77. The summed E-state index contributed by atoms with van der Waals surface area (Å²) in [4.78, 5) is 28.6. The molecule has 25 heavy (non-hydrogen) atoms. The van der Waals surface area contributed by atoms with Crippen molar-refractivity contribution in [2.45, 2.75) is 44.9 Å². The number of pyridine rings is 1. The van der Waals surface area contributed by atoms with Crippen molar-refractivity contribution in [1.82, 2.24) is 10.3 Å². The van der Waals surface area contributed by atoms with Crippen molar-refractivity contribution < 1.29 is 27.5 Å². The van der Waals surface area contributed by atoms with Gasteiger partial charge in [0.1, 0.15) is 5.76 Å². The van der Waals surface area contributed by atoms with Crippen molar-refractivity contribution in [1.29, 1.82) is 0 Å². The van der Waals surface area contributed by atoms with Crippen LogP contribution in [0, 0.1) is 5.41 Å². The molecule has 0 fully saturated rings. The quantitative estimate of drug-likeness (QED) is 0.846. The van der Waals surface area contributed by atoms with E-state index >= 15 is 0 Å². The number of allylic oxidation sites excluding steroid dienone is 1. The first-order chi connectivity index (χ1) is 11.6. The summed E-state index contributed by atoms with van der Waals surface area (Å²) in [6.07, 6.45) is -2.11. The van der Waals surface area contributed by atoms with E-state index in [1.807, 2.05) is 0 Å². The summed E-state index contributed by atoms with van der Waals surface area (Å²) >= 11 is 0. The van der Waals surface area contributed by atoms with Crippen molar-refractivity contribution in [3.8, 4) is 0 Å². The maximum Gasteiger partial charge on any atom is 0.422 e. The van der Waals surface area contributed by atoms with Gasteiger partial charge in [-0.25, -0.2) is 4.79 Å². The van der Waals surface area contributed by atoms with Crippen molar-refractivity contribution in [3.63, 3.8) is 0 Å². The molecular formula is C17H17F3N2O3. The number of nitrogens with zero attached hydrogens (tertiary/aromatic N) is 1. The maximum absolute atomic E-state index is 13.9. The number of rotatable bonds is 3. The normalized spacial score (nSPS) is 25.8. The molecule has 2 aliphatic rings. The molecule has 1 aromatic heterocycles. The molecule has 1 N–H and O–H groups in total. The Morgan fingerprint density at radius 3 is 2.60 bits per heavy atom. The Labute approximate surface area is 142 Å². The standard InChI is InChI=1S/C17H17F3N2O3/c1-15(2)6-11(23)13-12(7-15)25-14(24)16(13,17(18,19)20)22-9-10-4-3-5-21-8-10/h3-5,8,22H,6-7,9H2,1-2H3/t16-/m0/s1. The second-order valence-corrected chi connectivity index (χ2v) is 7.09. The fourth-order valence-electron chi connectivity index (χ4n) is 3.32. The summed E-state index contributed by atoms with van der Waals surface area (Å²) < 4.78 is 46.7. The molecule has 0 amide bonds. The van der Waals surface area contributed by atoms with Gasteiger partial charge in [0.2, 0.25) is 5.54 Å². The number of ether oxygens (including phenoxy) is 1. The Hall–Kier alpha value is -2.22. The zero-order valence-corrected chi connectivity index (χ0v) is 13.7. The van der Waals surface area contributed by atoms with Gasteiger partial charge in [-0.3, -0.25) is 15.1 Å². The van der Waals surface area contributed by atoms with Gasteiger partial charge in [-0.05, 0) is 17.0 Å². The van der Waals surface area contributed by atoms with Gasteiger partial charge in [0.15, 0.2) is 5.78 Å². The van der Waals surface area contributed by atoms with Crippen LogP contribution in [0.25, 0.3) is 0 Å². The van der Waals surface area contributed by atoms with Gasteiger partial charge in [-0.1, -0.05) is 19.9 Å².